The van der Waals surface area contributed by atoms with Gasteiger partial charge < -0.3 is 10.2 Å². The molecule has 1 amide bonds. The van der Waals surface area contributed by atoms with Crippen molar-refractivity contribution < 1.29 is 4.79 Å². The third-order valence-electron chi connectivity index (χ3n) is 3.69. The van der Waals surface area contributed by atoms with Crippen LogP contribution in [0.3, 0.4) is 0 Å². The summed E-state index contributed by atoms with van der Waals surface area (Å²) < 4.78 is 0. The van der Waals surface area contributed by atoms with E-state index in [1.165, 1.54) is 0 Å². The van der Waals surface area contributed by atoms with Crippen molar-refractivity contribution in [1.82, 2.24) is 10.2 Å². The van der Waals surface area contributed by atoms with E-state index in [4.69, 9.17) is 5.26 Å². The minimum Gasteiger partial charge on any atom is -0.341 e. The minimum atomic E-state index is 0.0733. The molecule has 2 rings (SSSR count). The zero-order valence-electron chi connectivity index (χ0n) is 11.4. The summed E-state index contributed by atoms with van der Waals surface area (Å²) in [6.07, 6.45) is 0. The van der Waals surface area contributed by atoms with Crippen LogP contribution in [-0.4, -0.2) is 30.9 Å². The van der Waals surface area contributed by atoms with Crippen LogP contribution in [0.25, 0.3) is 0 Å². The Bertz CT molecular complexity index is 506. The normalized spacial score (nSPS) is 21.9. The van der Waals surface area contributed by atoms with Crippen LogP contribution in [-0.2, 0) is 11.3 Å². The second-order valence-electron chi connectivity index (χ2n) is 5.25. The van der Waals surface area contributed by atoms with Crippen LogP contribution < -0.4 is 5.32 Å². The number of nitrogens with zero attached hydrogens (tertiary/aromatic N) is 2. The van der Waals surface area contributed by atoms with E-state index < -0.39 is 0 Å². The van der Waals surface area contributed by atoms with Gasteiger partial charge in [0.2, 0.25) is 5.91 Å². The Labute approximate surface area is 114 Å². The highest BCUT2D eigenvalue weighted by molar-refractivity contribution is 5.79. The average Bonchev–Trinajstić information content (AvgIpc) is 2.84. The number of rotatable bonds is 3. The number of carbonyl (C=O) groups excluding carboxylic acids is 1. The number of nitrogens with one attached hydrogen (secondary N) is 1. The fourth-order valence-corrected chi connectivity index (χ4v) is 2.51. The predicted molar refractivity (Wildman–Crippen MR) is 73.2 cm³/mol. The maximum atomic E-state index is 12.3. The fourth-order valence-electron chi connectivity index (χ4n) is 2.51. The first kappa shape index (κ1) is 13.6. The summed E-state index contributed by atoms with van der Waals surface area (Å²) in [5.74, 6) is 0.643. The van der Waals surface area contributed by atoms with E-state index in [1.807, 2.05) is 25.2 Å². The molecular weight excluding hydrogens is 238 g/mol. The summed E-state index contributed by atoms with van der Waals surface area (Å²) in [7, 11) is 1.83. The molecule has 0 aromatic heterocycles. The van der Waals surface area contributed by atoms with Gasteiger partial charge in [0, 0.05) is 20.1 Å². The lowest BCUT2D eigenvalue weighted by Gasteiger charge is -2.23. The molecule has 1 aliphatic rings. The molecule has 0 unspecified atom stereocenters. The molecule has 0 spiro atoms. The van der Waals surface area contributed by atoms with Gasteiger partial charge in [0.25, 0.3) is 0 Å². The number of amides is 1. The number of hydrogen-bond acceptors (Lipinski definition) is 3. The third kappa shape index (κ3) is 3.12. The maximum absolute atomic E-state index is 12.3. The van der Waals surface area contributed by atoms with Crippen LogP contribution in [0, 0.1) is 23.2 Å². The quantitative estimate of drug-likeness (QED) is 0.890. The molecule has 1 N–H and O–H groups in total. The number of benzene rings is 1. The molecule has 4 heteroatoms. The van der Waals surface area contributed by atoms with Gasteiger partial charge in [0.05, 0.1) is 17.6 Å². The molecule has 19 heavy (non-hydrogen) atoms. The van der Waals surface area contributed by atoms with E-state index in [9.17, 15) is 4.79 Å². The molecule has 2 atom stereocenters. The first-order valence-corrected chi connectivity index (χ1v) is 6.56. The topological polar surface area (TPSA) is 56.1 Å². The molecule has 1 heterocycles. The van der Waals surface area contributed by atoms with Gasteiger partial charge in [-0.2, -0.15) is 5.26 Å². The van der Waals surface area contributed by atoms with Crippen LogP contribution in [0.15, 0.2) is 24.3 Å². The highest BCUT2D eigenvalue weighted by atomic mass is 16.2. The molecule has 1 aromatic carbocycles. The number of nitriles is 1. The molecule has 100 valence electrons. The Kier molecular flexibility index (Phi) is 4.18. The summed E-state index contributed by atoms with van der Waals surface area (Å²) in [4.78, 5) is 14.1. The largest absolute Gasteiger partial charge is 0.341 e. The lowest BCUT2D eigenvalue weighted by Crippen LogP contribution is -2.35. The molecule has 1 aliphatic heterocycles. The SMILES string of the molecule is C[C@@H]1CNC[C@H]1C(=O)N(C)Cc1cccc(C#N)c1. The highest BCUT2D eigenvalue weighted by Gasteiger charge is 2.31. The molecule has 0 aliphatic carbocycles. The second kappa shape index (κ2) is 5.85. The van der Waals surface area contributed by atoms with Gasteiger partial charge in [0.1, 0.15) is 0 Å². The van der Waals surface area contributed by atoms with Crippen LogP contribution >= 0.6 is 0 Å². The number of hydrogen-bond donors (Lipinski definition) is 1. The third-order valence-corrected chi connectivity index (χ3v) is 3.69. The minimum absolute atomic E-state index is 0.0733. The molecular formula is C15H19N3O. The molecule has 1 aromatic rings. The van der Waals surface area contributed by atoms with E-state index in [0.717, 1.165) is 18.7 Å². The maximum Gasteiger partial charge on any atom is 0.227 e. The van der Waals surface area contributed by atoms with Crippen molar-refractivity contribution in [3.8, 4) is 6.07 Å². The Morgan fingerprint density at radius 3 is 2.95 bits per heavy atom. The second-order valence-corrected chi connectivity index (χ2v) is 5.25. The van der Waals surface area contributed by atoms with Gasteiger partial charge in [-0.05, 0) is 30.2 Å². The van der Waals surface area contributed by atoms with Gasteiger partial charge in [-0.25, -0.2) is 0 Å². The molecule has 1 fully saturated rings. The molecule has 0 bridgehead atoms. The van der Waals surface area contributed by atoms with Gasteiger partial charge in [-0.1, -0.05) is 19.1 Å². The average molecular weight is 257 g/mol. The first-order chi connectivity index (χ1) is 9.11. The fraction of sp³-hybridized carbons (Fsp3) is 0.467. The Balaban J connectivity index is 2.02. The van der Waals surface area contributed by atoms with Crippen molar-refractivity contribution in [2.24, 2.45) is 11.8 Å². The molecule has 0 saturated carbocycles. The van der Waals surface area contributed by atoms with Crippen molar-refractivity contribution >= 4 is 5.91 Å². The monoisotopic (exact) mass is 257 g/mol. The summed E-state index contributed by atoms with van der Waals surface area (Å²) in [6.45, 7) is 4.33. The van der Waals surface area contributed by atoms with Crippen molar-refractivity contribution in [2.75, 3.05) is 20.1 Å². The van der Waals surface area contributed by atoms with Gasteiger partial charge in [0.15, 0.2) is 0 Å². The van der Waals surface area contributed by atoms with Crippen molar-refractivity contribution in [2.45, 2.75) is 13.5 Å². The van der Waals surface area contributed by atoms with E-state index in [2.05, 4.69) is 18.3 Å². The molecule has 0 radical (unpaired) electrons. The lowest BCUT2D eigenvalue weighted by molar-refractivity contribution is -0.135. The Morgan fingerprint density at radius 1 is 1.53 bits per heavy atom. The Hall–Kier alpha value is -1.86. The van der Waals surface area contributed by atoms with E-state index >= 15 is 0 Å². The van der Waals surface area contributed by atoms with E-state index in [0.29, 0.717) is 18.0 Å². The zero-order chi connectivity index (χ0) is 13.8. The van der Waals surface area contributed by atoms with Crippen LogP contribution in [0.4, 0.5) is 0 Å². The van der Waals surface area contributed by atoms with Crippen molar-refractivity contribution in [3.05, 3.63) is 35.4 Å². The van der Waals surface area contributed by atoms with Gasteiger partial charge in [-0.3, -0.25) is 4.79 Å². The smallest absolute Gasteiger partial charge is 0.227 e. The highest BCUT2D eigenvalue weighted by Crippen LogP contribution is 2.19. The van der Waals surface area contributed by atoms with E-state index in [-0.39, 0.29) is 11.8 Å². The van der Waals surface area contributed by atoms with Crippen LogP contribution in [0.1, 0.15) is 18.1 Å². The standard InChI is InChI=1S/C15H19N3O/c1-11-8-17-9-14(11)15(19)18(2)10-13-5-3-4-12(6-13)7-16/h3-6,11,14,17H,8-10H2,1-2H3/t11-,14-/m1/s1. The zero-order valence-corrected chi connectivity index (χ0v) is 11.4. The summed E-state index contributed by atoms with van der Waals surface area (Å²) in [6, 6.07) is 9.52. The summed E-state index contributed by atoms with van der Waals surface area (Å²) >= 11 is 0. The van der Waals surface area contributed by atoms with Crippen molar-refractivity contribution in [1.29, 1.82) is 5.26 Å². The first-order valence-electron chi connectivity index (χ1n) is 6.56. The van der Waals surface area contributed by atoms with Gasteiger partial charge >= 0.3 is 0 Å². The summed E-state index contributed by atoms with van der Waals surface area (Å²) in [5.41, 5.74) is 1.63. The van der Waals surface area contributed by atoms with Crippen molar-refractivity contribution in [3.63, 3.8) is 0 Å². The van der Waals surface area contributed by atoms with E-state index in [1.54, 1.807) is 11.0 Å². The lowest BCUT2D eigenvalue weighted by atomic mass is 9.96. The predicted octanol–water partition coefficient (Wildman–Crippen LogP) is 1.37. The number of carbonyl (C=O) groups is 1. The molecule has 4 nitrogen and oxygen atoms in total. The molecule has 1 saturated heterocycles. The summed E-state index contributed by atoms with van der Waals surface area (Å²) in [5, 5.41) is 12.1. The van der Waals surface area contributed by atoms with Crippen LogP contribution in [0.5, 0.6) is 0 Å². The Morgan fingerprint density at radius 2 is 2.32 bits per heavy atom. The van der Waals surface area contributed by atoms with Gasteiger partial charge in [-0.15, -0.1) is 0 Å². The van der Waals surface area contributed by atoms with Crippen LogP contribution in [0.2, 0.25) is 0 Å².